The van der Waals surface area contributed by atoms with Crippen LogP contribution < -0.4 is 5.56 Å². The van der Waals surface area contributed by atoms with E-state index in [1.807, 2.05) is 44.2 Å². The third kappa shape index (κ3) is 3.43. The number of benzene rings is 1. The average Bonchev–Trinajstić information content (AvgIpc) is 3.07. The predicted molar refractivity (Wildman–Crippen MR) is 103 cm³/mol. The molecule has 26 heavy (non-hydrogen) atoms. The Labute approximate surface area is 155 Å². The van der Waals surface area contributed by atoms with Gasteiger partial charge in [-0.15, -0.1) is 11.3 Å². The van der Waals surface area contributed by atoms with Crippen LogP contribution in [-0.2, 0) is 0 Å². The van der Waals surface area contributed by atoms with Gasteiger partial charge in [0.05, 0.1) is 16.6 Å². The Bertz CT molecular complexity index is 990. The van der Waals surface area contributed by atoms with Crippen molar-refractivity contribution in [1.82, 2.24) is 19.7 Å². The molecule has 134 valence electrons. The molecule has 1 aromatic carbocycles. The molecule has 0 fully saturated rings. The third-order valence-corrected chi connectivity index (χ3v) is 4.88. The van der Waals surface area contributed by atoms with Crippen LogP contribution in [0.4, 0.5) is 0 Å². The zero-order chi connectivity index (χ0) is 18.8. The number of amides is 1. The molecule has 1 amide bonds. The van der Waals surface area contributed by atoms with Crippen molar-refractivity contribution in [2.24, 2.45) is 0 Å². The van der Waals surface area contributed by atoms with E-state index < -0.39 is 0 Å². The van der Waals surface area contributed by atoms with Crippen LogP contribution in [0.25, 0.3) is 21.8 Å². The second kappa shape index (κ2) is 7.21. The van der Waals surface area contributed by atoms with Crippen molar-refractivity contribution in [3.05, 3.63) is 57.8 Å². The van der Waals surface area contributed by atoms with Gasteiger partial charge < -0.3 is 4.90 Å². The summed E-state index contributed by atoms with van der Waals surface area (Å²) in [4.78, 5) is 31.3. The zero-order valence-corrected chi connectivity index (χ0v) is 15.9. The summed E-state index contributed by atoms with van der Waals surface area (Å²) in [5.74, 6) is -0.157. The molecule has 0 bridgehead atoms. The number of thiazole rings is 1. The van der Waals surface area contributed by atoms with Gasteiger partial charge in [0.25, 0.3) is 11.5 Å². The maximum atomic E-state index is 12.4. The van der Waals surface area contributed by atoms with Crippen LogP contribution in [0.2, 0.25) is 0 Å². The van der Waals surface area contributed by atoms with Crippen molar-refractivity contribution in [3.8, 4) is 21.8 Å². The molecular weight excluding hydrogens is 348 g/mol. The highest BCUT2D eigenvalue weighted by atomic mass is 32.1. The van der Waals surface area contributed by atoms with Crippen molar-refractivity contribution < 1.29 is 4.79 Å². The predicted octanol–water partition coefficient (Wildman–Crippen LogP) is 3.32. The fourth-order valence-electron chi connectivity index (χ4n) is 2.48. The standard InChI is InChI=1S/C19H20N4O2S/c1-12(2)23-15(24)11-10-14(21-23)17-16(13-8-6-5-7-9-13)20-18(26-17)19(25)22(3)4/h5-12H,1-4H3. The highest BCUT2D eigenvalue weighted by Gasteiger charge is 2.21. The molecule has 6 nitrogen and oxygen atoms in total. The summed E-state index contributed by atoms with van der Waals surface area (Å²) in [6, 6.07) is 12.8. The molecule has 0 spiro atoms. The summed E-state index contributed by atoms with van der Waals surface area (Å²) in [5, 5.41) is 4.89. The Morgan fingerprint density at radius 3 is 2.42 bits per heavy atom. The fraction of sp³-hybridized carbons (Fsp3) is 0.263. The Morgan fingerprint density at radius 2 is 1.81 bits per heavy atom. The SMILES string of the molecule is CC(C)n1nc(-c2sc(C(=O)N(C)C)nc2-c2ccccc2)ccc1=O. The van der Waals surface area contributed by atoms with Gasteiger partial charge in [-0.25, -0.2) is 9.67 Å². The van der Waals surface area contributed by atoms with Gasteiger partial charge >= 0.3 is 0 Å². The van der Waals surface area contributed by atoms with Crippen LogP contribution in [-0.4, -0.2) is 39.7 Å². The fourth-order valence-corrected chi connectivity index (χ4v) is 3.56. The average molecular weight is 368 g/mol. The molecule has 0 aliphatic heterocycles. The summed E-state index contributed by atoms with van der Waals surface area (Å²) in [6.07, 6.45) is 0. The van der Waals surface area contributed by atoms with Crippen molar-refractivity contribution in [3.63, 3.8) is 0 Å². The van der Waals surface area contributed by atoms with Crippen molar-refractivity contribution in [2.45, 2.75) is 19.9 Å². The lowest BCUT2D eigenvalue weighted by Gasteiger charge is -2.09. The maximum Gasteiger partial charge on any atom is 0.282 e. The summed E-state index contributed by atoms with van der Waals surface area (Å²) < 4.78 is 1.44. The van der Waals surface area contributed by atoms with E-state index in [-0.39, 0.29) is 17.5 Å². The number of carbonyl (C=O) groups excluding carboxylic acids is 1. The lowest BCUT2D eigenvalue weighted by atomic mass is 10.1. The number of aromatic nitrogens is 3. The van der Waals surface area contributed by atoms with Crippen LogP contribution in [0.15, 0.2) is 47.3 Å². The third-order valence-electron chi connectivity index (χ3n) is 3.81. The summed E-state index contributed by atoms with van der Waals surface area (Å²) in [7, 11) is 3.39. The van der Waals surface area contributed by atoms with Crippen LogP contribution in [0.5, 0.6) is 0 Å². The number of rotatable bonds is 4. The van der Waals surface area contributed by atoms with Gasteiger partial charge in [-0.1, -0.05) is 30.3 Å². The minimum absolute atomic E-state index is 0.0570. The van der Waals surface area contributed by atoms with Gasteiger partial charge in [-0.2, -0.15) is 5.10 Å². The second-order valence-corrected chi connectivity index (χ2v) is 7.36. The second-order valence-electron chi connectivity index (χ2n) is 6.36. The molecule has 0 radical (unpaired) electrons. The molecule has 0 aliphatic rings. The molecular formula is C19H20N4O2S. The topological polar surface area (TPSA) is 68.1 Å². The van der Waals surface area contributed by atoms with E-state index in [4.69, 9.17) is 0 Å². The molecule has 0 atom stereocenters. The monoisotopic (exact) mass is 368 g/mol. The van der Waals surface area contributed by atoms with E-state index in [1.54, 1.807) is 20.2 Å². The van der Waals surface area contributed by atoms with Crippen molar-refractivity contribution >= 4 is 17.2 Å². The van der Waals surface area contributed by atoms with Crippen LogP contribution in [0.3, 0.4) is 0 Å². The first-order valence-corrected chi connectivity index (χ1v) is 9.08. The molecule has 3 rings (SSSR count). The van der Waals surface area contributed by atoms with Crippen LogP contribution in [0.1, 0.15) is 29.7 Å². The summed E-state index contributed by atoms with van der Waals surface area (Å²) in [6.45, 7) is 3.81. The Hall–Kier alpha value is -2.80. The highest BCUT2D eigenvalue weighted by molar-refractivity contribution is 7.17. The number of carbonyl (C=O) groups is 1. The van der Waals surface area contributed by atoms with Crippen LogP contribution >= 0.6 is 11.3 Å². The van der Waals surface area contributed by atoms with E-state index in [2.05, 4.69) is 10.1 Å². The number of hydrogen-bond acceptors (Lipinski definition) is 5. The molecule has 0 saturated heterocycles. The highest BCUT2D eigenvalue weighted by Crippen LogP contribution is 2.36. The van der Waals surface area contributed by atoms with Gasteiger partial charge in [0.1, 0.15) is 5.69 Å². The first-order chi connectivity index (χ1) is 12.4. The molecule has 2 heterocycles. The van der Waals surface area contributed by atoms with E-state index in [9.17, 15) is 9.59 Å². The van der Waals surface area contributed by atoms with E-state index >= 15 is 0 Å². The van der Waals surface area contributed by atoms with Gasteiger partial charge in [-0.05, 0) is 19.9 Å². The Morgan fingerprint density at radius 1 is 1.12 bits per heavy atom. The van der Waals surface area contributed by atoms with Gasteiger partial charge in [0.2, 0.25) is 0 Å². The van der Waals surface area contributed by atoms with Gasteiger partial charge in [0, 0.05) is 25.7 Å². The molecule has 3 aromatic rings. The lowest BCUT2D eigenvalue weighted by molar-refractivity contribution is 0.0827. The summed E-state index contributed by atoms with van der Waals surface area (Å²) in [5.41, 5.74) is 2.08. The van der Waals surface area contributed by atoms with E-state index in [1.165, 1.54) is 27.0 Å². The zero-order valence-electron chi connectivity index (χ0n) is 15.1. The minimum Gasteiger partial charge on any atom is -0.343 e. The summed E-state index contributed by atoms with van der Waals surface area (Å²) >= 11 is 1.29. The minimum atomic E-state index is -0.157. The smallest absolute Gasteiger partial charge is 0.282 e. The molecule has 0 aliphatic carbocycles. The molecule has 0 unspecified atom stereocenters. The maximum absolute atomic E-state index is 12.4. The number of hydrogen-bond donors (Lipinski definition) is 0. The van der Waals surface area contributed by atoms with Crippen molar-refractivity contribution in [2.75, 3.05) is 14.1 Å². The first-order valence-electron chi connectivity index (χ1n) is 8.26. The molecule has 0 saturated carbocycles. The largest absolute Gasteiger partial charge is 0.343 e. The van der Waals surface area contributed by atoms with Gasteiger partial charge in [0.15, 0.2) is 5.01 Å². The van der Waals surface area contributed by atoms with E-state index in [0.29, 0.717) is 16.4 Å². The first kappa shape index (κ1) is 18.0. The molecule has 7 heteroatoms. The molecule has 0 N–H and O–H groups in total. The number of nitrogens with zero attached hydrogens (tertiary/aromatic N) is 4. The lowest BCUT2D eigenvalue weighted by Crippen LogP contribution is -2.23. The van der Waals surface area contributed by atoms with Crippen molar-refractivity contribution in [1.29, 1.82) is 0 Å². The normalized spacial score (nSPS) is 11.0. The Balaban J connectivity index is 2.21. The quantitative estimate of drug-likeness (QED) is 0.708. The van der Waals surface area contributed by atoms with Crippen LogP contribution in [0, 0.1) is 0 Å². The van der Waals surface area contributed by atoms with E-state index in [0.717, 1.165) is 10.4 Å². The molecule has 2 aromatic heterocycles. The van der Waals surface area contributed by atoms with Gasteiger partial charge in [-0.3, -0.25) is 9.59 Å². The Kier molecular flexibility index (Phi) is 4.99.